The number of rotatable bonds is 11. The van der Waals surface area contributed by atoms with E-state index in [-0.39, 0.29) is 37.9 Å². The minimum Gasteiger partial charge on any atom is -0.385 e. The van der Waals surface area contributed by atoms with E-state index in [1.807, 2.05) is 6.07 Å². The average molecular weight is 524 g/mol. The first-order chi connectivity index (χ1) is 18.4. The van der Waals surface area contributed by atoms with Crippen LogP contribution in [0.3, 0.4) is 0 Å². The first kappa shape index (κ1) is 27.1. The van der Waals surface area contributed by atoms with Crippen molar-refractivity contribution in [1.29, 1.82) is 5.26 Å². The number of hydrogen-bond donors (Lipinski definition) is 3. The Morgan fingerprint density at radius 3 is 2.71 bits per heavy atom. The van der Waals surface area contributed by atoms with Gasteiger partial charge in [0.15, 0.2) is 5.82 Å². The standard InChI is InChI=1S/C26H30FN7O4/c1-26(24(35)29-11-3-10-28)15-37-23(38-16-26)22-33-20(17-5-7-18(27)8-6-17)21(34-22)19-9-13-31-25(32-19)30-12-4-14-36-2/h5-9,13,23H,3-4,11-12,14-16H2,1-2H3,(H,29,35)(H,33,34)(H,30,31,32). The quantitative estimate of drug-likeness (QED) is 0.322. The second-order valence-electron chi connectivity index (χ2n) is 9.07. The molecule has 1 amide bonds. The smallest absolute Gasteiger partial charge is 0.230 e. The molecule has 38 heavy (non-hydrogen) atoms. The van der Waals surface area contributed by atoms with Crippen molar-refractivity contribution in [3.8, 4) is 28.7 Å². The molecule has 0 spiro atoms. The van der Waals surface area contributed by atoms with Crippen molar-refractivity contribution < 1.29 is 23.4 Å². The Bertz CT molecular complexity index is 1270. The first-order valence-electron chi connectivity index (χ1n) is 12.2. The molecule has 1 saturated heterocycles. The highest BCUT2D eigenvalue weighted by atomic mass is 19.1. The second-order valence-corrected chi connectivity index (χ2v) is 9.07. The van der Waals surface area contributed by atoms with Crippen molar-refractivity contribution in [3.05, 3.63) is 48.2 Å². The number of carbonyl (C=O) groups excluding carboxylic acids is 1. The second kappa shape index (κ2) is 12.6. The fraction of sp³-hybridized carbons (Fsp3) is 0.423. The molecule has 0 saturated carbocycles. The fourth-order valence-corrected chi connectivity index (χ4v) is 3.85. The Labute approximate surface area is 219 Å². The Morgan fingerprint density at radius 2 is 2.00 bits per heavy atom. The molecule has 0 aliphatic carbocycles. The number of imidazole rings is 1. The molecule has 3 N–H and O–H groups in total. The van der Waals surface area contributed by atoms with E-state index in [2.05, 4.69) is 25.6 Å². The predicted octanol–water partition coefficient (Wildman–Crippen LogP) is 3.20. The van der Waals surface area contributed by atoms with Gasteiger partial charge < -0.3 is 29.8 Å². The summed E-state index contributed by atoms with van der Waals surface area (Å²) in [4.78, 5) is 29.4. The molecule has 0 radical (unpaired) electrons. The summed E-state index contributed by atoms with van der Waals surface area (Å²) < 4.78 is 30.5. The Kier molecular flexibility index (Phi) is 8.96. The van der Waals surface area contributed by atoms with Crippen LogP contribution in [-0.2, 0) is 19.0 Å². The Hall–Kier alpha value is -3.92. The van der Waals surface area contributed by atoms with E-state index in [9.17, 15) is 9.18 Å². The number of ether oxygens (including phenoxy) is 3. The van der Waals surface area contributed by atoms with Gasteiger partial charge in [0.1, 0.15) is 5.82 Å². The first-order valence-corrected chi connectivity index (χ1v) is 12.2. The van der Waals surface area contributed by atoms with E-state index >= 15 is 0 Å². The molecule has 0 unspecified atom stereocenters. The van der Waals surface area contributed by atoms with Crippen LogP contribution in [-0.4, -0.2) is 65.9 Å². The molecule has 3 heterocycles. The van der Waals surface area contributed by atoms with Crippen LogP contribution in [0.5, 0.6) is 0 Å². The van der Waals surface area contributed by atoms with Gasteiger partial charge in [0.2, 0.25) is 18.1 Å². The number of anilines is 1. The lowest BCUT2D eigenvalue weighted by Crippen LogP contribution is -2.48. The number of methoxy groups -OCH3 is 1. The molecule has 4 rings (SSSR count). The maximum absolute atomic E-state index is 13.6. The van der Waals surface area contributed by atoms with E-state index in [1.165, 1.54) is 12.1 Å². The van der Waals surface area contributed by atoms with E-state index in [0.717, 1.165) is 6.42 Å². The van der Waals surface area contributed by atoms with Crippen LogP contribution >= 0.6 is 0 Å². The Morgan fingerprint density at radius 1 is 1.24 bits per heavy atom. The zero-order valence-corrected chi connectivity index (χ0v) is 21.3. The summed E-state index contributed by atoms with van der Waals surface area (Å²) in [6.07, 6.45) is 1.81. The van der Waals surface area contributed by atoms with Gasteiger partial charge in [-0.05, 0) is 43.7 Å². The molecule has 12 heteroatoms. The minimum absolute atomic E-state index is 0.0982. The van der Waals surface area contributed by atoms with E-state index in [4.69, 9.17) is 24.5 Å². The van der Waals surface area contributed by atoms with Crippen LogP contribution in [0, 0.1) is 22.6 Å². The SMILES string of the molecule is COCCCNc1nccc(-c2[nH]c(C3OCC(C)(C(=O)NCCC#N)CO3)nc2-c2ccc(F)cc2)n1. The molecule has 3 aromatic rings. The van der Waals surface area contributed by atoms with Gasteiger partial charge in [-0.3, -0.25) is 4.79 Å². The number of nitrogens with zero attached hydrogens (tertiary/aromatic N) is 4. The van der Waals surface area contributed by atoms with Crippen molar-refractivity contribution in [2.45, 2.75) is 26.1 Å². The number of H-pyrrole nitrogens is 1. The van der Waals surface area contributed by atoms with Gasteiger partial charge in [-0.25, -0.2) is 19.3 Å². The van der Waals surface area contributed by atoms with Crippen LogP contribution in [0.4, 0.5) is 10.3 Å². The molecule has 11 nitrogen and oxygen atoms in total. The molecule has 200 valence electrons. The third-order valence-corrected chi connectivity index (χ3v) is 5.96. The number of aromatic amines is 1. The Balaban J connectivity index is 1.57. The third kappa shape index (κ3) is 6.49. The number of nitriles is 1. The molecule has 1 aliphatic heterocycles. The van der Waals surface area contributed by atoms with Crippen molar-refractivity contribution in [2.24, 2.45) is 5.41 Å². The summed E-state index contributed by atoms with van der Waals surface area (Å²) >= 11 is 0. The normalized spacial score (nSPS) is 19.1. The zero-order chi connectivity index (χ0) is 27.0. The van der Waals surface area contributed by atoms with Gasteiger partial charge in [0.05, 0.1) is 48.2 Å². The number of halogens is 1. The van der Waals surface area contributed by atoms with Gasteiger partial charge in [-0.2, -0.15) is 5.26 Å². The minimum atomic E-state index is -0.906. The van der Waals surface area contributed by atoms with E-state index in [0.29, 0.717) is 47.6 Å². The van der Waals surface area contributed by atoms with Crippen molar-refractivity contribution in [1.82, 2.24) is 25.3 Å². The van der Waals surface area contributed by atoms with Crippen molar-refractivity contribution >= 4 is 11.9 Å². The van der Waals surface area contributed by atoms with Gasteiger partial charge >= 0.3 is 0 Å². The molecular formula is C26H30FN7O4. The highest BCUT2D eigenvalue weighted by molar-refractivity contribution is 5.82. The van der Waals surface area contributed by atoms with Gasteiger partial charge in [0, 0.05) is 38.6 Å². The van der Waals surface area contributed by atoms with Crippen LogP contribution < -0.4 is 10.6 Å². The number of amides is 1. The lowest BCUT2D eigenvalue weighted by Gasteiger charge is -2.35. The third-order valence-electron chi connectivity index (χ3n) is 5.96. The zero-order valence-electron chi connectivity index (χ0n) is 21.3. The maximum atomic E-state index is 13.6. The average Bonchev–Trinajstić information content (AvgIpc) is 3.38. The summed E-state index contributed by atoms with van der Waals surface area (Å²) in [5.74, 6) is 0.231. The van der Waals surface area contributed by atoms with Crippen LogP contribution in [0.25, 0.3) is 22.6 Å². The van der Waals surface area contributed by atoms with E-state index in [1.54, 1.807) is 38.4 Å². The predicted molar refractivity (Wildman–Crippen MR) is 136 cm³/mol. The van der Waals surface area contributed by atoms with Crippen LogP contribution in [0.2, 0.25) is 0 Å². The van der Waals surface area contributed by atoms with E-state index < -0.39 is 11.7 Å². The largest absolute Gasteiger partial charge is 0.385 e. The molecular weight excluding hydrogens is 493 g/mol. The summed E-state index contributed by atoms with van der Waals surface area (Å²) in [6.45, 7) is 3.46. The topological polar surface area (TPSA) is 147 Å². The number of benzene rings is 1. The number of aromatic nitrogens is 4. The van der Waals surface area contributed by atoms with Gasteiger partial charge in [0.25, 0.3) is 0 Å². The van der Waals surface area contributed by atoms with Crippen molar-refractivity contribution in [2.75, 3.05) is 45.3 Å². The number of carbonyl (C=O) groups is 1. The highest BCUT2D eigenvalue weighted by Crippen LogP contribution is 2.35. The van der Waals surface area contributed by atoms with Crippen LogP contribution in [0.15, 0.2) is 36.5 Å². The summed E-state index contributed by atoms with van der Waals surface area (Å²) in [7, 11) is 1.65. The summed E-state index contributed by atoms with van der Waals surface area (Å²) in [5, 5.41) is 14.6. The van der Waals surface area contributed by atoms with Gasteiger partial charge in [-0.15, -0.1) is 0 Å². The number of hydrogen-bond acceptors (Lipinski definition) is 9. The maximum Gasteiger partial charge on any atom is 0.230 e. The van der Waals surface area contributed by atoms with Crippen molar-refractivity contribution in [3.63, 3.8) is 0 Å². The molecule has 1 aliphatic rings. The summed E-state index contributed by atoms with van der Waals surface area (Å²) in [6, 6.07) is 9.73. The lowest BCUT2D eigenvalue weighted by atomic mass is 9.91. The molecule has 0 bridgehead atoms. The monoisotopic (exact) mass is 523 g/mol. The molecule has 2 aromatic heterocycles. The fourth-order valence-electron chi connectivity index (χ4n) is 3.85. The van der Waals surface area contributed by atoms with Gasteiger partial charge in [-0.1, -0.05) is 0 Å². The molecule has 1 aromatic carbocycles. The highest BCUT2D eigenvalue weighted by Gasteiger charge is 2.40. The molecule has 0 atom stereocenters. The lowest BCUT2D eigenvalue weighted by molar-refractivity contribution is -0.231. The number of nitrogens with one attached hydrogen (secondary N) is 3. The van der Waals surface area contributed by atoms with Crippen LogP contribution in [0.1, 0.15) is 31.9 Å². The summed E-state index contributed by atoms with van der Waals surface area (Å²) in [5.41, 5.74) is 1.47. The molecule has 1 fully saturated rings.